The number of carbonyl (C=O) groups is 1. The first kappa shape index (κ1) is 23.3. The van der Waals surface area contributed by atoms with Crippen LogP contribution < -0.4 is 16.2 Å². The molecule has 1 saturated carbocycles. The summed E-state index contributed by atoms with van der Waals surface area (Å²) in [5.74, 6) is -4.77. The number of halogens is 5. The van der Waals surface area contributed by atoms with Crippen LogP contribution in [-0.4, -0.2) is 41.3 Å². The first-order valence-corrected chi connectivity index (χ1v) is 9.68. The van der Waals surface area contributed by atoms with Gasteiger partial charge >= 0.3 is 12.1 Å². The maximum atomic E-state index is 15.1. The molecule has 6 nitrogen and oxygen atoms in total. The topological polar surface area (TPSA) is 88.0 Å². The van der Waals surface area contributed by atoms with Gasteiger partial charge in [0.05, 0.1) is 23.3 Å². The summed E-state index contributed by atoms with van der Waals surface area (Å²) in [6.07, 6.45) is -1.97. The number of carboxylic acid groups (broad SMARTS) is 1. The van der Waals surface area contributed by atoms with Crippen molar-refractivity contribution in [2.45, 2.75) is 31.9 Å². The van der Waals surface area contributed by atoms with Gasteiger partial charge in [0.2, 0.25) is 0 Å². The van der Waals surface area contributed by atoms with Crippen LogP contribution in [0.2, 0.25) is 0 Å². The number of alkyl halides is 3. The highest BCUT2D eigenvalue weighted by molar-refractivity contribution is 5.89. The lowest BCUT2D eigenvalue weighted by Gasteiger charge is -2.24. The maximum absolute atomic E-state index is 15.1. The largest absolute Gasteiger partial charge is 0.477 e. The Hall–Kier alpha value is -2.33. The van der Waals surface area contributed by atoms with Gasteiger partial charge in [-0.25, -0.2) is 9.18 Å². The third-order valence-corrected chi connectivity index (χ3v) is 6.17. The third-order valence-electron chi connectivity index (χ3n) is 6.17. The number of anilines is 1. The fourth-order valence-corrected chi connectivity index (χ4v) is 4.55. The average molecular weight is 464 g/mol. The fraction of sp³-hybridized carbons (Fsp3) is 0.500. The third kappa shape index (κ3) is 3.87. The van der Waals surface area contributed by atoms with Crippen molar-refractivity contribution in [3.05, 3.63) is 45.1 Å². The number of aromatic carboxylic acids is 1. The number of hydrogen-bond acceptors (Lipinski definition) is 4. The molecular weight excluding hydrogens is 442 g/mol. The van der Waals surface area contributed by atoms with Gasteiger partial charge in [0.1, 0.15) is 5.56 Å². The first-order chi connectivity index (χ1) is 14.0. The summed E-state index contributed by atoms with van der Waals surface area (Å²) >= 11 is 0. The molecule has 2 aliphatic rings. The molecule has 1 saturated heterocycles. The van der Waals surface area contributed by atoms with Gasteiger partial charge in [0.15, 0.2) is 5.82 Å². The lowest BCUT2D eigenvalue weighted by atomic mass is 9.96. The molecule has 2 aromatic rings. The number of aryl methyl sites for hydroxylation is 1. The summed E-state index contributed by atoms with van der Waals surface area (Å²) in [5, 5.41) is 9.35. The zero-order valence-corrected chi connectivity index (χ0v) is 17.4. The fourth-order valence-electron chi connectivity index (χ4n) is 4.55. The minimum absolute atomic E-state index is 0. The van der Waals surface area contributed by atoms with Gasteiger partial charge < -0.3 is 15.7 Å². The van der Waals surface area contributed by atoms with Crippen LogP contribution in [0.3, 0.4) is 0 Å². The zero-order chi connectivity index (χ0) is 22.0. The molecule has 0 aromatic carbocycles. The van der Waals surface area contributed by atoms with Crippen molar-refractivity contribution in [1.82, 2.24) is 4.40 Å². The van der Waals surface area contributed by atoms with E-state index in [1.165, 1.54) is 11.0 Å². The number of hydrogen-bond donors (Lipinski definition) is 2. The van der Waals surface area contributed by atoms with Crippen molar-refractivity contribution < 1.29 is 27.5 Å². The van der Waals surface area contributed by atoms with Gasteiger partial charge in [-0.3, -0.25) is 9.20 Å². The van der Waals surface area contributed by atoms with Crippen molar-refractivity contribution >= 4 is 29.6 Å². The Morgan fingerprint density at radius 1 is 1.29 bits per heavy atom. The zero-order valence-electron chi connectivity index (χ0n) is 16.6. The number of carboxylic acids is 1. The lowest BCUT2D eigenvalue weighted by molar-refractivity contribution is -0.178. The molecule has 1 aliphatic carbocycles. The molecule has 11 heteroatoms. The Morgan fingerprint density at radius 3 is 2.42 bits per heavy atom. The molecule has 170 valence electrons. The van der Waals surface area contributed by atoms with Crippen molar-refractivity contribution in [2.75, 3.05) is 24.5 Å². The quantitative estimate of drug-likeness (QED) is 0.679. The summed E-state index contributed by atoms with van der Waals surface area (Å²) in [6, 6.07) is 1.32. The van der Waals surface area contributed by atoms with Crippen LogP contribution in [0, 0.1) is 24.6 Å². The highest BCUT2D eigenvalue weighted by Crippen LogP contribution is 2.45. The Kier molecular flexibility index (Phi) is 6.01. The van der Waals surface area contributed by atoms with Crippen LogP contribution >= 0.6 is 12.4 Å². The molecule has 4 rings (SSSR count). The Bertz CT molecular complexity index is 1100. The van der Waals surface area contributed by atoms with Gasteiger partial charge in [-0.1, -0.05) is 0 Å². The van der Waals surface area contributed by atoms with E-state index >= 15 is 4.39 Å². The van der Waals surface area contributed by atoms with E-state index in [0.717, 1.165) is 23.4 Å². The molecular formula is C20H22ClF4N3O3. The van der Waals surface area contributed by atoms with Gasteiger partial charge in [-0.05, 0) is 49.4 Å². The highest BCUT2D eigenvalue weighted by Gasteiger charge is 2.49. The lowest BCUT2D eigenvalue weighted by Crippen LogP contribution is -2.33. The van der Waals surface area contributed by atoms with E-state index in [1.54, 1.807) is 6.92 Å². The number of aromatic nitrogens is 1. The van der Waals surface area contributed by atoms with Gasteiger partial charge in [0, 0.05) is 19.0 Å². The minimum atomic E-state index is -4.45. The molecule has 31 heavy (non-hydrogen) atoms. The standard InChI is InChI=1S/C20H21F4N3O3.ClH/c1-9-16-12(10-2-3-10)4-13(19(29)30)18(28)27(16)8-15(21)17(9)26-6-11(5-25)14(7-26)20(22,23)24;/h4,8,10-11,14H,2-3,5-7,25H2,1H3,(H,29,30);1H/t11-,14-;/m0./s1. The summed E-state index contributed by atoms with van der Waals surface area (Å²) in [6.45, 7) is 0.905. The number of nitrogens with two attached hydrogens (primary N) is 1. The van der Waals surface area contributed by atoms with E-state index in [2.05, 4.69) is 0 Å². The molecule has 0 bridgehead atoms. The molecule has 2 aromatic heterocycles. The van der Waals surface area contributed by atoms with Crippen molar-refractivity contribution in [3.63, 3.8) is 0 Å². The van der Waals surface area contributed by atoms with Crippen LogP contribution in [-0.2, 0) is 0 Å². The normalized spacial score (nSPS) is 21.4. The molecule has 2 atom stereocenters. The van der Waals surface area contributed by atoms with Crippen molar-refractivity contribution in [3.8, 4) is 0 Å². The molecule has 0 spiro atoms. The second-order valence-corrected chi connectivity index (χ2v) is 8.12. The highest BCUT2D eigenvalue weighted by atomic mass is 35.5. The van der Waals surface area contributed by atoms with Crippen LogP contribution in [0.15, 0.2) is 17.1 Å². The molecule has 3 heterocycles. The SMILES string of the molecule is Cc1c(N2C[C@H](CN)[C@@H](C(F)(F)F)C2)c(F)cn2c(=O)c(C(=O)O)cc(C3CC3)c12.Cl. The van der Waals surface area contributed by atoms with Crippen LogP contribution in [0.5, 0.6) is 0 Å². The number of rotatable bonds is 4. The maximum Gasteiger partial charge on any atom is 0.393 e. The number of nitrogens with zero attached hydrogens (tertiary/aromatic N) is 2. The van der Waals surface area contributed by atoms with E-state index in [9.17, 15) is 27.9 Å². The Labute approximate surface area is 181 Å². The first-order valence-electron chi connectivity index (χ1n) is 9.68. The monoisotopic (exact) mass is 463 g/mol. The Balaban J connectivity index is 0.00000272. The second-order valence-electron chi connectivity index (χ2n) is 8.12. The van der Waals surface area contributed by atoms with Gasteiger partial charge in [0.25, 0.3) is 5.56 Å². The van der Waals surface area contributed by atoms with E-state index in [-0.39, 0.29) is 37.1 Å². The average Bonchev–Trinajstić information content (AvgIpc) is 3.40. The molecule has 1 aliphatic heterocycles. The van der Waals surface area contributed by atoms with E-state index in [0.29, 0.717) is 16.6 Å². The van der Waals surface area contributed by atoms with Gasteiger partial charge in [-0.2, -0.15) is 13.2 Å². The van der Waals surface area contributed by atoms with Crippen LogP contribution in [0.25, 0.3) is 5.52 Å². The predicted molar refractivity (Wildman–Crippen MR) is 109 cm³/mol. The summed E-state index contributed by atoms with van der Waals surface area (Å²) in [4.78, 5) is 25.4. The predicted octanol–water partition coefficient (Wildman–Crippen LogP) is 3.32. The van der Waals surface area contributed by atoms with Crippen LogP contribution in [0.4, 0.5) is 23.2 Å². The van der Waals surface area contributed by atoms with Crippen LogP contribution in [0.1, 0.15) is 40.2 Å². The molecule has 2 fully saturated rings. The summed E-state index contributed by atoms with van der Waals surface area (Å²) in [7, 11) is 0. The molecule has 0 amide bonds. The molecule has 0 radical (unpaired) electrons. The molecule has 0 unspecified atom stereocenters. The number of fused-ring (bicyclic) bond motifs is 1. The van der Waals surface area contributed by atoms with Crippen molar-refractivity contribution in [2.24, 2.45) is 17.6 Å². The minimum Gasteiger partial charge on any atom is -0.477 e. The number of pyridine rings is 2. The van der Waals surface area contributed by atoms with E-state index in [1.807, 2.05) is 0 Å². The van der Waals surface area contributed by atoms with Crippen molar-refractivity contribution in [1.29, 1.82) is 0 Å². The van der Waals surface area contributed by atoms with E-state index in [4.69, 9.17) is 5.73 Å². The second kappa shape index (κ2) is 7.98. The summed E-state index contributed by atoms with van der Waals surface area (Å²) < 4.78 is 56.3. The van der Waals surface area contributed by atoms with E-state index < -0.39 is 47.5 Å². The summed E-state index contributed by atoms with van der Waals surface area (Å²) in [5.41, 5.74) is 5.51. The Morgan fingerprint density at radius 2 is 1.94 bits per heavy atom. The molecule has 3 N–H and O–H groups in total. The smallest absolute Gasteiger partial charge is 0.393 e. The van der Waals surface area contributed by atoms with Gasteiger partial charge in [-0.15, -0.1) is 12.4 Å².